The average molecular weight is 164 g/mol. The van der Waals surface area contributed by atoms with Gasteiger partial charge in [-0.15, -0.1) is 0 Å². The van der Waals surface area contributed by atoms with Crippen LogP contribution in [0.1, 0.15) is 11.7 Å². The Morgan fingerprint density at radius 3 is 3.08 bits per heavy atom. The Hall–Kier alpha value is -1.65. The van der Waals surface area contributed by atoms with E-state index in [0.717, 1.165) is 0 Å². The predicted octanol–water partition coefficient (Wildman–Crippen LogP) is 0.623. The van der Waals surface area contributed by atoms with E-state index < -0.39 is 0 Å². The molecule has 0 fully saturated rings. The zero-order chi connectivity index (χ0) is 8.39. The van der Waals surface area contributed by atoms with E-state index in [-0.39, 0.29) is 0 Å². The maximum Gasteiger partial charge on any atom is 0.223 e. The fourth-order valence-electron chi connectivity index (χ4n) is 0.949. The number of hydrogen-bond donors (Lipinski definition) is 0. The predicted molar refractivity (Wildman–Crippen MR) is 40.4 cm³/mol. The van der Waals surface area contributed by atoms with E-state index in [9.17, 15) is 0 Å². The number of nitrogens with zero attached hydrogens (tertiary/aromatic N) is 4. The first-order chi connectivity index (χ1) is 5.84. The molecule has 12 heavy (non-hydrogen) atoms. The summed E-state index contributed by atoms with van der Waals surface area (Å²) in [6, 6.07) is 0. The van der Waals surface area contributed by atoms with Crippen molar-refractivity contribution < 1.29 is 4.52 Å². The van der Waals surface area contributed by atoms with Gasteiger partial charge in [-0.2, -0.15) is 4.98 Å². The summed E-state index contributed by atoms with van der Waals surface area (Å²) < 4.78 is 6.70. The first-order valence-electron chi connectivity index (χ1n) is 3.59. The highest BCUT2D eigenvalue weighted by molar-refractivity contribution is 4.87. The maximum atomic E-state index is 4.82. The molecule has 0 atom stereocenters. The highest BCUT2D eigenvalue weighted by Crippen LogP contribution is 1.97. The molecule has 0 bridgehead atoms. The van der Waals surface area contributed by atoms with Crippen molar-refractivity contribution in [2.75, 3.05) is 0 Å². The molecule has 0 aliphatic rings. The molecule has 2 aromatic rings. The van der Waals surface area contributed by atoms with Crippen molar-refractivity contribution in [2.24, 2.45) is 0 Å². The molecule has 0 saturated heterocycles. The minimum Gasteiger partial charge on any atom is -0.340 e. The van der Waals surface area contributed by atoms with Gasteiger partial charge in [-0.3, -0.25) is 0 Å². The number of aromatic nitrogens is 4. The van der Waals surface area contributed by atoms with Crippen LogP contribution in [0.15, 0.2) is 23.2 Å². The lowest BCUT2D eigenvalue weighted by atomic mass is 10.6. The van der Waals surface area contributed by atoms with Crippen molar-refractivity contribution in [3.63, 3.8) is 0 Å². The molecule has 0 amide bonds. The van der Waals surface area contributed by atoms with E-state index >= 15 is 0 Å². The number of aryl methyl sites for hydroxylation is 1. The van der Waals surface area contributed by atoms with E-state index in [0.29, 0.717) is 18.3 Å². The monoisotopic (exact) mass is 164 g/mol. The number of rotatable bonds is 2. The number of hydrogen-bond acceptors (Lipinski definition) is 4. The van der Waals surface area contributed by atoms with Crippen LogP contribution in [0, 0.1) is 6.92 Å². The summed E-state index contributed by atoms with van der Waals surface area (Å²) in [6.07, 6.45) is 5.28. The molecule has 62 valence electrons. The normalized spacial score (nSPS) is 10.4. The molecule has 0 aromatic carbocycles. The van der Waals surface area contributed by atoms with E-state index in [1.54, 1.807) is 19.4 Å². The van der Waals surface area contributed by atoms with Gasteiger partial charge in [0.05, 0.1) is 12.9 Å². The average Bonchev–Trinajstić information content (AvgIpc) is 2.63. The zero-order valence-corrected chi connectivity index (χ0v) is 6.64. The topological polar surface area (TPSA) is 56.7 Å². The second-order valence-electron chi connectivity index (χ2n) is 2.46. The van der Waals surface area contributed by atoms with E-state index in [4.69, 9.17) is 4.52 Å². The van der Waals surface area contributed by atoms with Crippen LogP contribution in [0.5, 0.6) is 0 Å². The van der Waals surface area contributed by atoms with Gasteiger partial charge < -0.3 is 9.09 Å². The van der Waals surface area contributed by atoms with Gasteiger partial charge in [0.1, 0.15) is 0 Å². The maximum absolute atomic E-state index is 4.82. The Bertz CT molecular complexity index is 351. The van der Waals surface area contributed by atoms with Crippen molar-refractivity contribution in [2.45, 2.75) is 13.5 Å². The molecule has 0 aliphatic carbocycles. The van der Waals surface area contributed by atoms with Crippen molar-refractivity contribution in [3.8, 4) is 0 Å². The van der Waals surface area contributed by atoms with Gasteiger partial charge in [0.15, 0.2) is 5.82 Å². The molecule has 0 unspecified atom stereocenters. The summed E-state index contributed by atoms with van der Waals surface area (Å²) in [6.45, 7) is 2.38. The van der Waals surface area contributed by atoms with Crippen LogP contribution in [-0.4, -0.2) is 19.7 Å². The first-order valence-corrected chi connectivity index (χ1v) is 3.59. The Kier molecular flexibility index (Phi) is 1.62. The lowest BCUT2D eigenvalue weighted by Crippen LogP contribution is -1.97. The van der Waals surface area contributed by atoms with Gasteiger partial charge in [-0.05, 0) is 0 Å². The van der Waals surface area contributed by atoms with Crippen LogP contribution in [-0.2, 0) is 6.54 Å². The zero-order valence-electron chi connectivity index (χ0n) is 6.64. The summed E-state index contributed by atoms with van der Waals surface area (Å²) in [5.74, 6) is 1.26. The van der Waals surface area contributed by atoms with E-state index in [1.807, 2.05) is 10.8 Å². The van der Waals surface area contributed by atoms with Crippen LogP contribution in [0.4, 0.5) is 0 Å². The summed E-state index contributed by atoms with van der Waals surface area (Å²) in [5.41, 5.74) is 0. The third-order valence-corrected chi connectivity index (χ3v) is 1.45. The Labute approximate surface area is 69.0 Å². The van der Waals surface area contributed by atoms with Crippen LogP contribution < -0.4 is 0 Å². The molecule has 2 aromatic heterocycles. The Morgan fingerprint density at radius 1 is 1.58 bits per heavy atom. The molecule has 0 saturated carbocycles. The molecular formula is C7H8N4O. The highest BCUT2D eigenvalue weighted by atomic mass is 16.5. The van der Waals surface area contributed by atoms with Crippen LogP contribution in [0.3, 0.4) is 0 Å². The Balaban J connectivity index is 2.14. The van der Waals surface area contributed by atoms with Crippen molar-refractivity contribution in [1.29, 1.82) is 0 Å². The fraction of sp³-hybridized carbons (Fsp3) is 0.286. The summed E-state index contributed by atoms with van der Waals surface area (Å²) >= 11 is 0. The van der Waals surface area contributed by atoms with Gasteiger partial charge in [0.25, 0.3) is 0 Å². The molecule has 5 nitrogen and oxygen atoms in total. The molecule has 2 heterocycles. The lowest BCUT2D eigenvalue weighted by molar-refractivity contribution is 0.386. The van der Waals surface area contributed by atoms with Gasteiger partial charge in [0, 0.05) is 19.3 Å². The van der Waals surface area contributed by atoms with E-state index in [1.165, 1.54) is 0 Å². The van der Waals surface area contributed by atoms with Gasteiger partial charge in [0.2, 0.25) is 5.89 Å². The minimum absolute atomic E-state index is 0.588. The molecule has 0 N–H and O–H groups in total. The van der Waals surface area contributed by atoms with Gasteiger partial charge >= 0.3 is 0 Å². The first kappa shape index (κ1) is 7.02. The van der Waals surface area contributed by atoms with Crippen molar-refractivity contribution in [1.82, 2.24) is 19.7 Å². The van der Waals surface area contributed by atoms with Crippen LogP contribution >= 0.6 is 0 Å². The standard InChI is InChI=1S/C7H8N4O/c1-6-9-7(10-12-6)4-11-3-2-8-5-11/h2-3,5H,4H2,1H3. The minimum atomic E-state index is 0.588. The van der Waals surface area contributed by atoms with E-state index in [2.05, 4.69) is 15.1 Å². The molecule has 0 spiro atoms. The smallest absolute Gasteiger partial charge is 0.223 e. The lowest BCUT2D eigenvalue weighted by Gasteiger charge is -1.93. The largest absolute Gasteiger partial charge is 0.340 e. The molecule has 5 heteroatoms. The summed E-state index contributed by atoms with van der Waals surface area (Å²) in [5, 5.41) is 3.76. The quantitative estimate of drug-likeness (QED) is 0.653. The SMILES string of the molecule is Cc1nc(Cn2ccnc2)no1. The third-order valence-electron chi connectivity index (χ3n) is 1.45. The second kappa shape index (κ2) is 2.77. The molecule has 2 rings (SSSR count). The van der Waals surface area contributed by atoms with Crippen LogP contribution in [0.2, 0.25) is 0 Å². The molecule has 0 radical (unpaired) electrons. The molecular weight excluding hydrogens is 156 g/mol. The highest BCUT2D eigenvalue weighted by Gasteiger charge is 2.01. The summed E-state index contributed by atoms with van der Waals surface area (Å²) in [7, 11) is 0. The number of imidazole rings is 1. The third kappa shape index (κ3) is 1.34. The molecule has 0 aliphatic heterocycles. The summed E-state index contributed by atoms with van der Waals surface area (Å²) in [4.78, 5) is 7.96. The Morgan fingerprint density at radius 2 is 2.50 bits per heavy atom. The second-order valence-corrected chi connectivity index (χ2v) is 2.46. The van der Waals surface area contributed by atoms with Crippen molar-refractivity contribution in [3.05, 3.63) is 30.4 Å². The van der Waals surface area contributed by atoms with Crippen LogP contribution in [0.25, 0.3) is 0 Å². The fourth-order valence-corrected chi connectivity index (χ4v) is 0.949. The van der Waals surface area contributed by atoms with Gasteiger partial charge in [-0.1, -0.05) is 5.16 Å². The van der Waals surface area contributed by atoms with Crippen molar-refractivity contribution >= 4 is 0 Å². The van der Waals surface area contributed by atoms with Gasteiger partial charge in [-0.25, -0.2) is 4.98 Å².